The summed E-state index contributed by atoms with van der Waals surface area (Å²) in [5.41, 5.74) is 4.43. The monoisotopic (exact) mass is 330 g/mol. The minimum Gasteiger partial charge on any atom is -0.311 e. The second kappa shape index (κ2) is 7.01. The molecule has 25 heavy (non-hydrogen) atoms. The van der Waals surface area contributed by atoms with Gasteiger partial charge in [-0.15, -0.1) is 10.2 Å². The summed E-state index contributed by atoms with van der Waals surface area (Å²) in [7, 11) is 0. The van der Waals surface area contributed by atoms with E-state index < -0.39 is 0 Å². The van der Waals surface area contributed by atoms with Crippen LogP contribution in [0.4, 0.5) is 5.69 Å². The molecule has 0 spiro atoms. The molecule has 4 rings (SSSR count). The molecule has 0 saturated heterocycles. The first-order valence-electron chi connectivity index (χ1n) is 8.93. The van der Waals surface area contributed by atoms with Gasteiger partial charge in [0.15, 0.2) is 5.82 Å². The van der Waals surface area contributed by atoms with Crippen molar-refractivity contribution in [2.75, 3.05) is 0 Å². The van der Waals surface area contributed by atoms with Crippen molar-refractivity contribution < 1.29 is 0 Å². The van der Waals surface area contributed by atoms with Crippen LogP contribution in [-0.2, 0) is 13.0 Å². The first kappa shape index (κ1) is 15.8. The number of rotatable bonds is 3. The van der Waals surface area contributed by atoms with Gasteiger partial charge in [0.05, 0.1) is 5.69 Å². The number of aryl methyl sites for hydroxylation is 2. The molecule has 4 nitrogen and oxygen atoms in total. The predicted octanol–water partition coefficient (Wildman–Crippen LogP) is 4.73. The van der Waals surface area contributed by atoms with E-state index >= 15 is 0 Å². The number of hydrogen-bond donors (Lipinski definition) is 0. The highest BCUT2D eigenvalue weighted by atomic mass is 15.3. The average Bonchev–Trinajstić information content (AvgIpc) is 2.90. The standard InChI is InChI=1S/C21H22N4/c1-16-7-4-5-8-18(16)15-22-19-12-10-17(11-13-19)21-24-23-20-9-3-2-6-14-25(20)21/h4-5,7-8,10-13,15H,2-3,6,9,14H2,1H3. The number of aromatic nitrogens is 3. The zero-order chi connectivity index (χ0) is 17.1. The fourth-order valence-corrected chi connectivity index (χ4v) is 3.27. The van der Waals surface area contributed by atoms with Crippen LogP contribution < -0.4 is 0 Å². The van der Waals surface area contributed by atoms with Gasteiger partial charge < -0.3 is 4.57 Å². The molecule has 3 aromatic rings. The minimum absolute atomic E-state index is 0.947. The van der Waals surface area contributed by atoms with Crippen molar-refractivity contribution in [1.82, 2.24) is 14.8 Å². The zero-order valence-electron chi connectivity index (χ0n) is 14.5. The summed E-state index contributed by atoms with van der Waals surface area (Å²) in [6.45, 7) is 3.12. The van der Waals surface area contributed by atoms with E-state index in [1.165, 1.54) is 24.8 Å². The minimum atomic E-state index is 0.947. The Hall–Kier alpha value is -2.75. The lowest BCUT2D eigenvalue weighted by molar-refractivity contribution is 0.636. The summed E-state index contributed by atoms with van der Waals surface area (Å²) in [6.07, 6.45) is 6.65. The Balaban J connectivity index is 1.57. The molecule has 0 aliphatic carbocycles. The number of aliphatic imine (C=N–C) groups is 1. The van der Waals surface area contributed by atoms with Crippen molar-refractivity contribution in [2.24, 2.45) is 4.99 Å². The first-order chi connectivity index (χ1) is 12.3. The molecule has 0 radical (unpaired) electrons. The second-order valence-corrected chi connectivity index (χ2v) is 6.56. The van der Waals surface area contributed by atoms with Gasteiger partial charge in [0.1, 0.15) is 5.82 Å². The Morgan fingerprint density at radius 3 is 2.64 bits per heavy atom. The van der Waals surface area contributed by atoms with Crippen LogP contribution in [0.25, 0.3) is 11.4 Å². The van der Waals surface area contributed by atoms with Gasteiger partial charge in [-0.3, -0.25) is 4.99 Å². The quantitative estimate of drug-likeness (QED) is 0.652. The van der Waals surface area contributed by atoms with Crippen LogP contribution >= 0.6 is 0 Å². The maximum Gasteiger partial charge on any atom is 0.163 e. The van der Waals surface area contributed by atoms with Crippen molar-refractivity contribution >= 4 is 11.9 Å². The van der Waals surface area contributed by atoms with E-state index in [9.17, 15) is 0 Å². The van der Waals surface area contributed by atoms with Crippen molar-refractivity contribution in [2.45, 2.75) is 39.2 Å². The normalized spacial score (nSPS) is 14.4. The second-order valence-electron chi connectivity index (χ2n) is 6.56. The molecule has 0 fully saturated rings. The maximum absolute atomic E-state index is 4.59. The van der Waals surface area contributed by atoms with Crippen molar-refractivity contribution in [3.05, 3.63) is 65.5 Å². The third-order valence-electron chi connectivity index (χ3n) is 4.78. The Morgan fingerprint density at radius 1 is 0.960 bits per heavy atom. The van der Waals surface area contributed by atoms with Crippen LogP contribution in [0.3, 0.4) is 0 Å². The van der Waals surface area contributed by atoms with Crippen molar-refractivity contribution in [3.8, 4) is 11.4 Å². The van der Waals surface area contributed by atoms with Crippen LogP contribution in [0, 0.1) is 6.92 Å². The van der Waals surface area contributed by atoms with Gasteiger partial charge in [-0.05, 0) is 55.2 Å². The van der Waals surface area contributed by atoms with E-state index in [1.54, 1.807) is 0 Å². The molecule has 1 aromatic heterocycles. The molecular formula is C21H22N4. The van der Waals surface area contributed by atoms with Crippen LogP contribution in [0.5, 0.6) is 0 Å². The number of fused-ring (bicyclic) bond motifs is 1. The number of hydrogen-bond acceptors (Lipinski definition) is 3. The van der Waals surface area contributed by atoms with Crippen molar-refractivity contribution in [3.63, 3.8) is 0 Å². The van der Waals surface area contributed by atoms with Crippen LogP contribution in [0.2, 0.25) is 0 Å². The fourth-order valence-electron chi connectivity index (χ4n) is 3.27. The van der Waals surface area contributed by atoms with E-state index in [0.29, 0.717) is 0 Å². The molecule has 0 unspecified atom stereocenters. The summed E-state index contributed by atoms with van der Waals surface area (Å²) < 4.78 is 2.28. The van der Waals surface area contributed by atoms with E-state index in [4.69, 9.17) is 0 Å². The maximum atomic E-state index is 4.59. The Morgan fingerprint density at radius 2 is 1.80 bits per heavy atom. The van der Waals surface area contributed by atoms with Gasteiger partial charge in [0.2, 0.25) is 0 Å². The summed E-state index contributed by atoms with van der Waals surface area (Å²) in [6, 6.07) is 16.5. The van der Waals surface area contributed by atoms with E-state index in [1.807, 2.05) is 30.5 Å². The Kier molecular flexibility index (Phi) is 4.42. The smallest absolute Gasteiger partial charge is 0.163 e. The molecular weight excluding hydrogens is 308 g/mol. The van der Waals surface area contributed by atoms with Gasteiger partial charge in [-0.1, -0.05) is 30.7 Å². The van der Waals surface area contributed by atoms with E-state index in [0.717, 1.165) is 41.4 Å². The number of benzene rings is 2. The van der Waals surface area contributed by atoms with Gasteiger partial charge >= 0.3 is 0 Å². The molecule has 0 atom stereocenters. The third kappa shape index (κ3) is 3.38. The molecule has 2 heterocycles. The molecule has 0 bridgehead atoms. The van der Waals surface area contributed by atoms with Crippen LogP contribution in [0.1, 0.15) is 36.2 Å². The van der Waals surface area contributed by atoms with Gasteiger partial charge in [-0.2, -0.15) is 0 Å². The average molecular weight is 330 g/mol. The predicted molar refractivity (Wildman–Crippen MR) is 101 cm³/mol. The lowest BCUT2D eigenvalue weighted by Gasteiger charge is -2.07. The van der Waals surface area contributed by atoms with Gasteiger partial charge in [0, 0.05) is 24.7 Å². The Bertz CT molecular complexity index is 891. The van der Waals surface area contributed by atoms with Gasteiger partial charge in [-0.25, -0.2) is 0 Å². The van der Waals surface area contributed by atoms with Crippen LogP contribution in [0.15, 0.2) is 53.5 Å². The molecule has 0 saturated carbocycles. The Labute approximate surface area is 148 Å². The summed E-state index contributed by atoms with van der Waals surface area (Å²) in [5.74, 6) is 2.10. The zero-order valence-corrected chi connectivity index (χ0v) is 14.5. The molecule has 1 aliphatic heterocycles. The molecule has 1 aliphatic rings. The number of nitrogens with zero attached hydrogens (tertiary/aromatic N) is 4. The lowest BCUT2D eigenvalue weighted by atomic mass is 10.1. The van der Waals surface area contributed by atoms with E-state index in [2.05, 4.69) is 50.9 Å². The highest BCUT2D eigenvalue weighted by molar-refractivity contribution is 5.83. The first-order valence-corrected chi connectivity index (χ1v) is 8.93. The van der Waals surface area contributed by atoms with Crippen LogP contribution in [-0.4, -0.2) is 21.0 Å². The highest BCUT2D eigenvalue weighted by Crippen LogP contribution is 2.24. The molecule has 0 amide bonds. The summed E-state index contributed by atoms with van der Waals surface area (Å²) >= 11 is 0. The van der Waals surface area contributed by atoms with Gasteiger partial charge in [0.25, 0.3) is 0 Å². The topological polar surface area (TPSA) is 43.1 Å². The highest BCUT2D eigenvalue weighted by Gasteiger charge is 2.15. The molecule has 126 valence electrons. The third-order valence-corrected chi connectivity index (χ3v) is 4.78. The lowest BCUT2D eigenvalue weighted by Crippen LogP contribution is -2.02. The fraction of sp³-hybridized carbons (Fsp3) is 0.286. The van der Waals surface area contributed by atoms with Crippen molar-refractivity contribution in [1.29, 1.82) is 0 Å². The summed E-state index contributed by atoms with van der Waals surface area (Å²) in [5, 5.41) is 8.80. The molecule has 0 N–H and O–H groups in total. The summed E-state index contributed by atoms with van der Waals surface area (Å²) in [4.78, 5) is 4.59. The van der Waals surface area contributed by atoms with E-state index in [-0.39, 0.29) is 0 Å². The largest absolute Gasteiger partial charge is 0.311 e. The molecule has 4 heteroatoms. The molecule has 2 aromatic carbocycles. The SMILES string of the molecule is Cc1ccccc1C=Nc1ccc(-c2nnc3n2CCCCC3)cc1.